The van der Waals surface area contributed by atoms with Gasteiger partial charge < -0.3 is 15.5 Å². The van der Waals surface area contributed by atoms with Crippen LogP contribution >= 0.6 is 0 Å². The summed E-state index contributed by atoms with van der Waals surface area (Å²) in [6.07, 6.45) is 9.18. The van der Waals surface area contributed by atoms with E-state index in [0.29, 0.717) is 11.9 Å². The normalized spacial score (nSPS) is 16.5. The van der Waals surface area contributed by atoms with E-state index in [2.05, 4.69) is 22.1 Å². The molecular weight excluding hydrogens is 334 g/mol. The monoisotopic (exact) mass is 363 g/mol. The number of H-pyrrole nitrogens is 1. The van der Waals surface area contributed by atoms with Crippen LogP contribution in [0.2, 0.25) is 0 Å². The van der Waals surface area contributed by atoms with Gasteiger partial charge in [-0.15, -0.1) is 0 Å². The van der Waals surface area contributed by atoms with Crippen molar-refractivity contribution in [2.75, 3.05) is 6.54 Å². The predicted octanol–water partition coefficient (Wildman–Crippen LogP) is 5.44. The van der Waals surface area contributed by atoms with Crippen molar-refractivity contribution in [1.29, 1.82) is 0 Å². The number of aryl methyl sites for hydroxylation is 1. The highest BCUT2D eigenvalue weighted by Gasteiger charge is 2.22. The second kappa shape index (κ2) is 8.57. The third-order valence-corrected chi connectivity index (χ3v) is 5.93. The lowest BCUT2D eigenvalue weighted by Crippen LogP contribution is -2.25. The fourth-order valence-corrected chi connectivity index (χ4v) is 4.32. The Bertz CT molecular complexity index is 816. The molecule has 1 atom stereocenters. The molecule has 1 fully saturated rings. The number of para-hydroxylation sites is 2. The summed E-state index contributed by atoms with van der Waals surface area (Å²) in [5, 5.41) is 0. The molecule has 4 nitrogen and oxygen atoms in total. The van der Waals surface area contributed by atoms with E-state index >= 15 is 0 Å². The summed E-state index contributed by atoms with van der Waals surface area (Å²) < 4.78 is 5.87. The zero-order valence-electron chi connectivity index (χ0n) is 15.9. The first kappa shape index (κ1) is 18.1. The van der Waals surface area contributed by atoms with Crippen LogP contribution in [0.4, 0.5) is 0 Å². The lowest BCUT2D eigenvalue weighted by atomic mass is 9.77. The summed E-state index contributed by atoms with van der Waals surface area (Å²) in [5.74, 6) is 2.30. The van der Waals surface area contributed by atoms with Gasteiger partial charge in [-0.3, -0.25) is 0 Å². The molecule has 0 saturated heterocycles. The highest BCUT2D eigenvalue weighted by atomic mass is 16.5. The molecular formula is C23H29N3O. The number of fused-ring (bicyclic) bond motifs is 1. The van der Waals surface area contributed by atoms with Crippen LogP contribution in [-0.2, 0) is 6.42 Å². The van der Waals surface area contributed by atoms with Gasteiger partial charge >= 0.3 is 0 Å². The first-order chi connectivity index (χ1) is 13.3. The van der Waals surface area contributed by atoms with Gasteiger partial charge in [-0.2, -0.15) is 4.98 Å². The van der Waals surface area contributed by atoms with Gasteiger partial charge in [0.25, 0.3) is 6.01 Å². The van der Waals surface area contributed by atoms with E-state index < -0.39 is 0 Å². The number of imidazole rings is 1. The maximum atomic E-state index is 6.08. The molecule has 0 spiro atoms. The van der Waals surface area contributed by atoms with Gasteiger partial charge in [0, 0.05) is 0 Å². The second-order valence-electron chi connectivity index (χ2n) is 7.74. The summed E-state index contributed by atoms with van der Waals surface area (Å²) in [6, 6.07) is 16.8. The van der Waals surface area contributed by atoms with Crippen molar-refractivity contribution in [3.05, 3.63) is 54.1 Å². The fourth-order valence-electron chi connectivity index (χ4n) is 4.32. The number of hydrogen-bond donors (Lipinski definition) is 2. The Kier molecular flexibility index (Phi) is 5.73. The second-order valence-corrected chi connectivity index (χ2v) is 7.74. The Hall–Kier alpha value is -2.33. The molecule has 0 aliphatic heterocycles. The molecule has 1 heterocycles. The molecule has 0 radical (unpaired) electrons. The highest BCUT2D eigenvalue weighted by Crippen LogP contribution is 2.32. The average molecular weight is 364 g/mol. The lowest BCUT2D eigenvalue weighted by molar-refractivity contribution is 0.241. The highest BCUT2D eigenvalue weighted by molar-refractivity contribution is 5.75. The van der Waals surface area contributed by atoms with Crippen molar-refractivity contribution >= 4 is 11.0 Å². The molecule has 0 bridgehead atoms. The molecule has 1 unspecified atom stereocenters. The van der Waals surface area contributed by atoms with Crippen LogP contribution in [0.25, 0.3) is 11.0 Å². The average Bonchev–Trinajstić information content (AvgIpc) is 3.13. The van der Waals surface area contributed by atoms with Gasteiger partial charge in [0.05, 0.1) is 11.0 Å². The summed E-state index contributed by atoms with van der Waals surface area (Å²) in [6.45, 7) is 0.817. The molecule has 3 N–H and O–H groups in total. The maximum absolute atomic E-state index is 6.08. The van der Waals surface area contributed by atoms with Crippen LogP contribution < -0.4 is 10.5 Å². The first-order valence-electron chi connectivity index (χ1n) is 10.2. The number of benzene rings is 2. The number of nitrogens with two attached hydrogens (primary N) is 1. The van der Waals surface area contributed by atoms with Gasteiger partial charge in [-0.25, -0.2) is 0 Å². The van der Waals surface area contributed by atoms with Gasteiger partial charge in [-0.05, 0) is 61.1 Å². The molecule has 4 rings (SSSR count). The summed E-state index contributed by atoms with van der Waals surface area (Å²) in [4.78, 5) is 7.66. The van der Waals surface area contributed by atoms with Gasteiger partial charge in [0.15, 0.2) is 0 Å². The third-order valence-electron chi connectivity index (χ3n) is 5.93. The number of aromatic amines is 1. The minimum atomic E-state index is 0.532. The van der Waals surface area contributed by atoms with Crippen molar-refractivity contribution < 1.29 is 4.74 Å². The Morgan fingerprint density at radius 1 is 1.04 bits per heavy atom. The quantitative estimate of drug-likeness (QED) is 0.587. The number of nitrogens with zero attached hydrogens (tertiary/aromatic N) is 1. The van der Waals surface area contributed by atoms with E-state index in [9.17, 15) is 0 Å². The van der Waals surface area contributed by atoms with Crippen molar-refractivity contribution in [2.24, 2.45) is 17.6 Å². The molecule has 27 heavy (non-hydrogen) atoms. The van der Waals surface area contributed by atoms with Crippen molar-refractivity contribution in [1.82, 2.24) is 9.97 Å². The van der Waals surface area contributed by atoms with E-state index in [0.717, 1.165) is 35.7 Å². The van der Waals surface area contributed by atoms with Crippen molar-refractivity contribution in [3.8, 4) is 11.8 Å². The number of ether oxygens (including phenoxy) is 1. The Morgan fingerprint density at radius 3 is 2.56 bits per heavy atom. The van der Waals surface area contributed by atoms with Crippen LogP contribution in [0.1, 0.15) is 44.1 Å². The first-order valence-corrected chi connectivity index (χ1v) is 10.2. The van der Waals surface area contributed by atoms with E-state index in [-0.39, 0.29) is 0 Å². The van der Waals surface area contributed by atoms with Crippen molar-refractivity contribution in [2.45, 2.75) is 44.9 Å². The molecule has 4 heteroatoms. The minimum absolute atomic E-state index is 0.532. The zero-order chi connectivity index (χ0) is 18.5. The number of rotatable bonds is 7. The molecule has 1 aromatic heterocycles. The van der Waals surface area contributed by atoms with E-state index in [4.69, 9.17) is 10.5 Å². The number of hydrogen-bond acceptors (Lipinski definition) is 3. The third kappa shape index (κ3) is 4.51. The maximum Gasteiger partial charge on any atom is 0.300 e. The van der Waals surface area contributed by atoms with Gasteiger partial charge in [-0.1, -0.05) is 56.4 Å². The SMILES string of the molecule is NCC(CCc1ccc(Oc2nc3ccccc3[nH]2)cc1)C1CCCCC1. The van der Waals surface area contributed by atoms with Crippen LogP contribution in [0, 0.1) is 11.8 Å². The van der Waals surface area contributed by atoms with Crippen LogP contribution in [0.3, 0.4) is 0 Å². The summed E-state index contributed by atoms with van der Waals surface area (Å²) in [7, 11) is 0. The topological polar surface area (TPSA) is 63.9 Å². The minimum Gasteiger partial charge on any atom is -0.426 e. The Morgan fingerprint density at radius 2 is 1.81 bits per heavy atom. The molecule has 1 aliphatic carbocycles. The van der Waals surface area contributed by atoms with E-state index in [1.807, 2.05) is 36.4 Å². The summed E-state index contributed by atoms with van der Waals surface area (Å²) in [5.41, 5.74) is 9.33. The van der Waals surface area contributed by atoms with Gasteiger partial charge in [0.1, 0.15) is 5.75 Å². The largest absolute Gasteiger partial charge is 0.426 e. The molecule has 2 aromatic carbocycles. The lowest BCUT2D eigenvalue weighted by Gasteiger charge is -2.29. The van der Waals surface area contributed by atoms with Crippen LogP contribution in [-0.4, -0.2) is 16.5 Å². The molecule has 1 saturated carbocycles. The Labute approximate surface area is 161 Å². The smallest absolute Gasteiger partial charge is 0.300 e. The van der Waals surface area contributed by atoms with Gasteiger partial charge in [0.2, 0.25) is 0 Å². The van der Waals surface area contributed by atoms with E-state index in [1.165, 1.54) is 44.1 Å². The molecule has 142 valence electrons. The molecule has 0 amide bonds. The van der Waals surface area contributed by atoms with Crippen molar-refractivity contribution in [3.63, 3.8) is 0 Å². The predicted molar refractivity (Wildman–Crippen MR) is 110 cm³/mol. The standard InChI is InChI=1S/C23H29N3O/c24-16-19(18-6-2-1-3-7-18)13-10-17-11-14-20(15-12-17)27-23-25-21-8-4-5-9-22(21)26-23/h4-5,8-9,11-12,14-15,18-19H,1-3,6-7,10,13,16,24H2,(H,25,26). The Balaban J connectivity index is 1.34. The number of aromatic nitrogens is 2. The number of nitrogens with one attached hydrogen (secondary N) is 1. The zero-order valence-corrected chi connectivity index (χ0v) is 15.9. The molecule has 1 aliphatic rings. The molecule has 3 aromatic rings. The van der Waals surface area contributed by atoms with Crippen LogP contribution in [0.5, 0.6) is 11.8 Å². The van der Waals surface area contributed by atoms with Crippen LogP contribution in [0.15, 0.2) is 48.5 Å². The van der Waals surface area contributed by atoms with E-state index in [1.54, 1.807) is 0 Å². The fraction of sp³-hybridized carbons (Fsp3) is 0.435. The summed E-state index contributed by atoms with van der Waals surface area (Å²) >= 11 is 0.